The van der Waals surface area contributed by atoms with Gasteiger partial charge in [0, 0.05) is 19.3 Å². The summed E-state index contributed by atoms with van der Waals surface area (Å²) >= 11 is 0. The number of rotatable bonds is 5. The van der Waals surface area contributed by atoms with Crippen LogP contribution in [0.1, 0.15) is 51.9 Å². The van der Waals surface area contributed by atoms with E-state index in [9.17, 15) is 14.4 Å². The molecule has 1 saturated heterocycles. The highest BCUT2D eigenvalue weighted by atomic mass is 16.2. The second-order valence-corrected chi connectivity index (χ2v) is 3.83. The van der Waals surface area contributed by atoms with E-state index >= 15 is 0 Å². The van der Waals surface area contributed by atoms with Gasteiger partial charge in [-0.25, -0.2) is 4.90 Å². The van der Waals surface area contributed by atoms with Crippen LogP contribution in [0.2, 0.25) is 0 Å². The number of carbonyl (C=O) groups is 3. The molecule has 0 spiro atoms. The van der Waals surface area contributed by atoms with Gasteiger partial charge in [-0.2, -0.15) is 0 Å². The summed E-state index contributed by atoms with van der Waals surface area (Å²) in [6.07, 6.45) is 4.66. The monoisotopic (exact) mass is 211 g/mol. The molecule has 4 heteroatoms. The van der Waals surface area contributed by atoms with Gasteiger partial charge in [0.2, 0.25) is 17.7 Å². The topological polar surface area (TPSA) is 54.5 Å². The summed E-state index contributed by atoms with van der Waals surface area (Å²) in [4.78, 5) is 34.7. The molecule has 0 aliphatic carbocycles. The maximum atomic E-state index is 11.5. The zero-order valence-electron chi connectivity index (χ0n) is 9.12. The van der Waals surface area contributed by atoms with Gasteiger partial charge < -0.3 is 0 Å². The van der Waals surface area contributed by atoms with E-state index in [1.165, 1.54) is 0 Å². The van der Waals surface area contributed by atoms with Crippen molar-refractivity contribution in [1.82, 2.24) is 4.90 Å². The number of unbranched alkanes of at least 4 members (excludes halogenated alkanes) is 3. The molecule has 0 radical (unpaired) electrons. The molecule has 3 amide bonds. The molecule has 1 heterocycles. The smallest absolute Gasteiger partial charge is 0.236 e. The first kappa shape index (κ1) is 11.9. The summed E-state index contributed by atoms with van der Waals surface area (Å²) in [6.45, 7) is 2.09. The van der Waals surface area contributed by atoms with Gasteiger partial charge in [-0.05, 0) is 6.42 Å². The Balaban J connectivity index is 2.33. The Bertz CT molecular complexity index is 257. The predicted molar refractivity (Wildman–Crippen MR) is 54.9 cm³/mol. The minimum absolute atomic E-state index is 0.194. The second-order valence-electron chi connectivity index (χ2n) is 3.83. The molecule has 0 bridgehead atoms. The summed E-state index contributed by atoms with van der Waals surface area (Å²) in [5, 5.41) is 0. The van der Waals surface area contributed by atoms with Gasteiger partial charge in [-0.1, -0.05) is 26.2 Å². The van der Waals surface area contributed by atoms with Crippen molar-refractivity contribution in [2.75, 3.05) is 0 Å². The number of amides is 3. The molecule has 1 rings (SSSR count). The third-order valence-electron chi connectivity index (χ3n) is 2.55. The average Bonchev–Trinajstić information content (AvgIpc) is 2.53. The maximum absolute atomic E-state index is 11.5. The Morgan fingerprint density at radius 2 is 1.73 bits per heavy atom. The minimum atomic E-state index is -0.333. The molecule has 0 unspecified atom stereocenters. The largest absolute Gasteiger partial charge is 0.274 e. The number of likely N-dealkylation sites (tertiary alicyclic amines) is 1. The number of imide groups is 3. The van der Waals surface area contributed by atoms with Crippen LogP contribution in [0.25, 0.3) is 0 Å². The van der Waals surface area contributed by atoms with Crippen LogP contribution in [0.4, 0.5) is 0 Å². The van der Waals surface area contributed by atoms with Gasteiger partial charge in [-0.15, -0.1) is 0 Å². The highest BCUT2D eigenvalue weighted by Crippen LogP contribution is 2.14. The van der Waals surface area contributed by atoms with Crippen molar-refractivity contribution in [2.24, 2.45) is 0 Å². The molecular weight excluding hydrogens is 194 g/mol. The van der Waals surface area contributed by atoms with E-state index in [0.717, 1.165) is 30.6 Å². The van der Waals surface area contributed by atoms with Crippen LogP contribution in [0.15, 0.2) is 0 Å². The fraction of sp³-hybridized carbons (Fsp3) is 0.727. The lowest BCUT2D eigenvalue weighted by molar-refractivity contribution is -0.149. The Hall–Kier alpha value is -1.19. The van der Waals surface area contributed by atoms with Crippen molar-refractivity contribution in [2.45, 2.75) is 51.9 Å². The normalized spacial score (nSPS) is 16.2. The number of hydrogen-bond acceptors (Lipinski definition) is 3. The minimum Gasteiger partial charge on any atom is -0.274 e. The SMILES string of the molecule is CCCCCCC(=O)N1C(=O)CCC1=O. The van der Waals surface area contributed by atoms with Crippen molar-refractivity contribution in [3.63, 3.8) is 0 Å². The molecule has 0 atom stereocenters. The van der Waals surface area contributed by atoms with Gasteiger partial charge >= 0.3 is 0 Å². The van der Waals surface area contributed by atoms with Crippen molar-refractivity contribution in [3.05, 3.63) is 0 Å². The van der Waals surface area contributed by atoms with E-state index in [0.29, 0.717) is 6.42 Å². The lowest BCUT2D eigenvalue weighted by Gasteiger charge is -2.10. The molecule has 1 aliphatic heterocycles. The van der Waals surface area contributed by atoms with Crippen molar-refractivity contribution in [1.29, 1.82) is 0 Å². The summed E-state index contributed by atoms with van der Waals surface area (Å²) < 4.78 is 0. The fourth-order valence-electron chi connectivity index (χ4n) is 1.67. The van der Waals surface area contributed by atoms with E-state index < -0.39 is 0 Å². The molecule has 84 valence electrons. The maximum Gasteiger partial charge on any atom is 0.236 e. The number of nitrogens with zero attached hydrogens (tertiary/aromatic N) is 1. The number of carbonyl (C=O) groups excluding carboxylic acids is 3. The molecule has 0 aromatic heterocycles. The van der Waals surface area contributed by atoms with Gasteiger partial charge in [0.05, 0.1) is 0 Å². The summed E-state index contributed by atoms with van der Waals surface area (Å²) in [5.41, 5.74) is 0. The van der Waals surface area contributed by atoms with Crippen LogP contribution >= 0.6 is 0 Å². The Kier molecular flexibility index (Phi) is 4.46. The van der Waals surface area contributed by atoms with Crippen molar-refractivity contribution < 1.29 is 14.4 Å². The van der Waals surface area contributed by atoms with Crippen LogP contribution in [-0.2, 0) is 14.4 Å². The molecule has 4 nitrogen and oxygen atoms in total. The van der Waals surface area contributed by atoms with E-state index in [1.54, 1.807) is 0 Å². The molecule has 1 aliphatic rings. The van der Waals surface area contributed by atoms with Crippen molar-refractivity contribution in [3.8, 4) is 0 Å². The Morgan fingerprint density at radius 3 is 2.27 bits per heavy atom. The quantitative estimate of drug-likeness (QED) is 0.513. The summed E-state index contributed by atoms with van der Waals surface area (Å²) in [5.74, 6) is -0.986. The molecule has 0 N–H and O–H groups in total. The predicted octanol–water partition coefficient (Wildman–Crippen LogP) is 1.63. The molecule has 0 aromatic rings. The molecule has 1 fully saturated rings. The molecular formula is C11H17NO3. The molecule has 15 heavy (non-hydrogen) atoms. The highest BCUT2D eigenvalue weighted by Gasteiger charge is 2.33. The summed E-state index contributed by atoms with van der Waals surface area (Å²) in [7, 11) is 0. The first-order valence-electron chi connectivity index (χ1n) is 5.55. The van der Waals surface area contributed by atoms with Gasteiger partial charge in [0.1, 0.15) is 0 Å². The fourth-order valence-corrected chi connectivity index (χ4v) is 1.67. The van der Waals surface area contributed by atoms with Gasteiger partial charge in [-0.3, -0.25) is 14.4 Å². The standard InChI is InChI=1S/C11H17NO3/c1-2-3-4-5-6-9(13)12-10(14)7-8-11(12)15/h2-8H2,1H3. The van der Waals surface area contributed by atoms with Crippen LogP contribution in [-0.4, -0.2) is 22.6 Å². The van der Waals surface area contributed by atoms with Crippen LogP contribution in [0.3, 0.4) is 0 Å². The lowest BCUT2D eigenvalue weighted by Crippen LogP contribution is -2.35. The van der Waals surface area contributed by atoms with E-state index in [2.05, 4.69) is 6.92 Å². The Labute approximate surface area is 89.6 Å². The summed E-state index contributed by atoms with van der Waals surface area (Å²) in [6, 6.07) is 0. The second kappa shape index (κ2) is 5.63. The third-order valence-corrected chi connectivity index (χ3v) is 2.55. The average molecular weight is 211 g/mol. The van der Waals surface area contributed by atoms with Gasteiger partial charge in [0.25, 0.3) is 0 Å². The van der Waals surface area contributed by atoms with E-state index in [-0.39, 0.29) is 30.6 Å². The number of hydrogen-bond donors (Lipinski definition) is 0. The molecule has 0 saturated carbocycles. The van der Waals surface area contributed by atoms with Crippen LogP contribution in [0.5, 0.6) is 0 Å². The van der Waals surface area contributed by atoms with Crippen LogP contribution in [0, 0.1) is 0 Å². The Morgan fingerprint density at radius 1 is 1.13 bits per heavy atom. The lowest BCUT2D eigenvalue weighted by atomic mass is 10.1. The van der Waals surface area contributed by atoms with Gasteiger partial charge in [0.15, 0.2) is 0 Å². The molecule has 0 aromatic carbocycles. The zero-order chi connectivity index (χ0) is 11.3. The van der Waals surface area contributed by atoms with Crippen LogP contribution < -0.4 is 0 Å². The first-order valence-corrected chi connectivity index (χ1v) is 5.55. The van der Waals surface area contributed by atoms with E-state index in [1.807, 2.05) is 0 Å². The van der Waals surface area contributed by atoms with Crippen molar-refractivity contribution >= 4 is 17.7 Å². The zero-order valence-corrected chi connectivity index (χ0v) is 9.12. The third kappa shape index (κ3) is 3.15. The van der Waals surface area contributed by atoms with E-state index in [4.69, 9.17) is 0 Å². The highest BCUT2D eigenvalue weighted by molar-refractivity contribution is 6.14. The first-order chi connectivity index (χ1) is 7.16.